The number of carbonyl (C=O) groups is 5. The van der Waals surface area contributed by atoms with Gasteiger partial charge >= 0.3 is 0 Å². The highest BCUT2D eigenvalue weighted by Gasteiger charge is 2.42. The largest absolute Gasteiger partial charge is 0.388 e. The van der Waals surface area contributed by atoms with Crippen LogP contribution in [0.5, 0.6) is 0 Å². The molecule has 0 radical (unpaired) electrons. The molecule has 2 bridgehead atoms. The molecule has 0 saturated carbocycles. The highest BCUT2D eigenvalue weighted by molar-refractivity contribution is 5.98. The van der Waals surface area contributed by atoms with Gasteiger partial charge in [0.1, 0.15) is 42.5 Å². The topological polar surface area (TPSA) is 190 Å². The molecule has 3 aliphatic rings. The van der Waals surface area contributed by atoms with Crippen LogP contribution in [0.3, 0.4) is 0 Å². The van der Waals surface area contributed by atoms with Crippen molar-refractivity contribution in [2.75, 3.05) is 26.2 Å². The Morgan fingerprint density at radius 1 is 1.04 bits per heavy atom. The quantitative estimate of drug-likeness (QED) is 0.203. The summed E-state index contributed by atoms with van der Waals surface area (Å²) in [5.74, 6) is -4.07. The van der Waals surface area contributed by atoms with Gasteiger partial charge in [-0.25, -0.2) is 4.98 Å². The zero-order chi connectivity index (χ0) is 39.0. The zero-order valence-electron chi connectivity index (χ0n) is 31.1. The third kappa shape index (κ3) is 7.92. The number of benzene rings is 1. The van der Waals surface area contributed by atoms with Gasteiger partial charge in [0.05, 0.1) is 12.6 Å². The molecule has 3 fully saturated rings. The number of aromatic amines is 1. The summed E-state index contributed by atoms with van der Waals surface area (Å²) in [6.45, 7) is 4.95. The molecule has 5 amide bonds. The Kier molecular flexibility index (Phi) is 10.9. The van der Waals surface area contributed by atoms with E-state index in [2.05, 4.69) is 25.9 Å². The molecule has 0 aliphatic carbocycles. The first kappa shape index (κ1) is 37.9. The molecule has 5 N–H and O–H groups in total. The number of pyridine rings is 1. The van der Waals surface area contributed by atoms with Crippen LogP contribution in [0, 0.1) is 18.8 Å². The average molecular weight is 759 g/mol. The number of aryl methyl sites for hydroxylation is 1. The Labute approximate surface area is 317 Å². The number of hydrogen-bond acceptors (Lipinski definition) is 8. The minimum absolute atomic E-state index is 0.0121. The van der Waals surface area contributed by atoms with Crippen molar-refractivity contribution in [3.63, 3.8) is 0 Å². The standard InChI is InChI=1S/C39H47FN8O7/c1-21(2)15-27-36(51)43-26-12-14-55-30(34(26)50)19-46(39(54)33-35(40)48-18-22(3)10-11-31(48)45-33)20-32(49)42-28(16-23-17-41-25-8-5-4-7-24(23)25)38(53)47-13-6-9-29(47)37(52)44-27/h4-5,7-8,10-11,17-18,21,26-30,34,41,50H,6,9,12-16,19-20H2,1-3H3,(H,42,49)(H,43,51)(H,44,52)/t26-,27+,28+,29+,30+,34-/m0/s1. The van der Waals surface area contributed by atoms with Crippen molar-refractivity contribution in [1.29, 1.82) is 0 Å². The van der Waals surface area contributed by atoms with Crippen molar-refractivity contribution in [3.05, 3.63) is 71.6 Å². The molecule has 6 atom stereocenters. The van der Waals surface area contributed by atoms with Gasteiger partial charge in [0.25, 0.3) is 5.91 Å². The van der Waals surface area contributed by atoms with E-state index < -0.39 is 84.1 Å². The number of para-hydroxylation sites is 1. The van der Waals surface area contributed by atoms with Crippen LogP contribution in [0.4, 0.5) is 4.39 Å². The predicted octanol–water partition coefficient (Wildman–Crippen LogP) is 1.60. The maximum Gasteiger partial charge on any atom is 0.277 e. The summed E-state index contributed by atoms with van der Waals surface area (Å²) in [6.07, 6.45) is 2.30. The molecule has 3 saturated heterocycles. The summed E-state index contributed by atoms with van der Waals surface area (Å²) in [7, 11) is 0. The fourth-order valence-electron chi connectivity index (χ4n) is 7.93. The second-order valence-electron chi connectivity index (χ2n) is 15.2. The lowest BCUT2D eigenvalue weighted by Crippen LogP contribution is -2.60. The van der Waals surface area contributed by atoms with E-state index in [-0.39, 0.29) is 44.1 Å². The average Bonchev–Trinajstić information content (AvgIpc) is 3.89. The third-order valence-corrected chi connectivity index (χ3v) is 10.7. The van der Waals surface area contributed by atoms with E-state index in [0.29, 0.717) is 19.3 Å². The van der Waals surface area contributed by atoms with Crippen molar-refractivity contribution < 1.29 is 38.2 Å². The molecule has 0 spiro atoms. The normalized spacial score (nSPS) is 25.9. The van der Waals surface area contributed by atoms with Crippen LogP contribution in [0.1, 0.15) is 61.1 Å². The van der Waals surface area contributed by atoms with E-state index in [1.807, 2.05) is 38.1 Å². The summed E-state index contributed by atoms with van der Waals surface area (Å²) in [5.41, 5.74) is 1.95. The minimum Gasteiger partial charge on any atom is -0.388 e. The minimum atomic E-state index is -1.34. The van der Waals surface area contributed by atoms with Gasteiger partial charge in [-0.1, -0.05) is 38.1 Å². The number of H-pyrrole nitrogens is 1. The summed E-state index contributed by atoms with van der Waals surface area (Å²) in [6, 6.07) is 6.97. The second kappa shape index (κ2) is 15.8. The molecule has 1 aromatic carbocycles. The number of halogens is 1. The van der Waals surface area contributed by atoms with E-state index in [1.165, 1.54) is 11.1 Å². The number of nitrogens with zero attached hydrogens (tertiary/aromatic N) is 4. The Hall–Kier alpha value is -5.35. The van der Waals surface area contributed by atoms with E-state index in [9.17, 15) is 29.1 Å². The maximum absolute atomic E-state index is 15.8. The SMILES string of the molecule is Cc1ccc2nc(C(=O)N3CC(=O)N[C@H](Cc4c[nH]c5ccccc45)C(=O)N4CCC[C@@H]4C(=O)N[C@H](CC(C)C)C(=O)N[C@H]4CCO[C@H](C3)[C@H]4O)c(F)n2c1. The summed E-state index contributed by atoms with van der Waals surface area (Å²) < 4.78 is 22.9. The van der Waals surface area contributed by atoms with E-state index in [1.54, 1.807) is 25.3 Å². The summed E-state index contributed by atoms with van der Waals surface area (Å²) in [4.78, 5) is 80.4. The molecule has 16 heteroatoms. The van der Waals surface area contributed by atoms with E-state index in [4.69, 9.17) is 4.74 Å². The highest BCUT2D eigenvalue weighted by atomic mass is 19.1. The number of ether oxygens (including phenoxy) is 1. The Bertz CT molecular complexity index is 2120. The monoisotopic (exact) mass is 758 g/mol. The number of aliphatic hydroxyl groups excluding tert-OH is 1. The first-order valence-corrected chi connectivity index (χ1v) is 18.9. The van der Waals surface area contributed by atoms with Crippen molar-refractivity contribution in [2.24, 2.45) is 5.92 Å². The molecular weight excluding hydrogens is 711 g/mol. The maximum atomic E-state index is 15.8. The van der Waals surface area contributed by atoms with Crippen molar-refractivity contribution in [2.45, 2.75) is 89.3 Å². The van der Waals surface area contributed by atoms with Crippen LogP contribution in [0.2, 0.25) is 0 Å². The van der Waals surface area contributed by atoms with Crippen LogP contribution < -0.4 is 16.0 Å². The highest BCUT2D eigenvalue weighted by Crippen LogP contribution is 2.25. The van der Waals surface area contributed by atoms with Crippen molar-refractivity contribution in [1.82, 2.24) is 40.1 Å². The van der Waals surface area contributed by atoms with Gasteiger partial charge in [-0.3, -0.25) is 28.4 Å². The number of amides is 5. The molecule has 0 unspecified atom stereocenters. The van der Waals surface area contributed by atoms with Crippen molar-refractivity contribution >= 4 is 46.1 Å². The van der Waals surface area contributed by atoms with Crippen LogP contribution in [-0.2, 0) is 30.3 Å². The molecule has 6 heterocycles. The fraction of sp³-hybridized carbons (Fsp3) is 0.487. The molecule has 55 heavy (non-hydrogen) atoms. The summed E-state index contributed by atoms with van der Waals surface area (Å²) in [5, 5.41) is 21.0. The van der Waals surface area contributed by atoms with Gasteiger partial charge in [0.2, 0.25) is 29.6 Å². The van der Waals surface area contributed by atoms with Crippen LogP contribution in [0.15, 0.2) is 48.8 Å². The smallest absolute Gasteiger partial charge is 0.277 e. The van der Waals surface area contributed by atoms with Gasteiger partial charge in [-0.05, 0) is 61.8 Å². The fourth-order valence-corrected chi connectivity index (χ4v) is 7.93. The number of fused-ring (bicyclic) bond motifs is 5. The molecule has 3 aromatic heterocycles. The van der Waals surface area contributed by atoms with Crippen molar-refractivity contribution in [3.8, 4) is 0 Å². The summed E-state index contributed by atoms with van der Waals surface area (Å²) >= 11 is 0. The molecule has 7 rings (SSSR count). The van der Waals surface area contributed by atoms with Crippen LogP contribution in [-0.4, -0.2) is 121 Å². The number of imidazole rings is 1. The number of aromatic nitrogens is 3. The lowest BCUT2D eigenvalue weighted by atomic mass is 9.97. The number of hydrogen-bond donors (Lipinski definition) is 5. The Morgan fingerprint density at radius 3 is 2.64 bits per heavy atom. The van der Waals surface area contributed by atoms with Gasteiger partial charge < -0.3 is 40.6 Å². The Balaban J connectivity index is 1.27. The lowest BCUT2D eigenvalue weighted by Gasteiger charge is -2.38. The van der Waals surface area contributed by atoms with Gasteiger partial charge in [-0.2, -0.15) is 4.39 Å². The first-order valence-electron chi connectivity index (χ1n) is 18.9. The van der Waals surface area contributed by atoms with Crippen LogP contribution in [0.25, 0.3) is 16.6 Å². The number of carbonyl (C=O) groups excluding carboxylic acids is 5. The molecular formula is C39H47FN8O7. The van der Waals surface area contributed by atoms with Gasteiger partial charge in [-0.15, -0.1) is 0 Å². The first-order chi connectivity index (χ1) is 26.4. The number of nitrogens with one attached hydrogen (secondary N) is 4. The van der Waals surface area contributed by atoms with E-state index >= 15 is 4.39 Å². The number of aliphatic hydroxyl groups is 1. The second-order valence-corrected chi connectivity index (χ2v) is 15.2. The molecule has 15 nitrogen and oxygen atoms in total. The predicted molar refractivity (Wildman–Crippen MR) is 198 cm³/mol. The van der Waals surface area contributed by atoms with Gasteiger partial charge in [0, 0.05) is 42.9 Å². The van der Waals surface area contributed by atoms with Gasteiger partial charge in [0.15, 0.2) is 5.69 Å². The molecule has 3 aliphatic heterocycles. The van der Waals surface area contributed by atoms with Crippen LogP contribution >= 0.6 is 0 Å². The van der Waals surface area contributed by atoms with E-state index in [0.717, 1.165) is 31.3 Å². The zero-order valence-corrected chi connectivity index (χ0v) is 31.1. The third-order valence-electron chi connectivity index (χ3n) is 10.7. The Morgan fingerprint density at radius 2 is 1.84 bits per heavy atom. The molecule has 292 valence electrons. The molecule has 4 aromatic rings. The number of rotatable bonds is 5. The lowest BCUT2D eigenvalue weighted by molar-refractivity contribution is -0.142.